The number of aliphatic hydroxyl groups is 3. The van der Waals surface area contributed by atoms with E-state index in [-0.39, 0.29) is 30.3 Å². The van der Waals surface area contributed by atoms with Crippen LogP contribution >= 0.6 is 0 Å². The van der Waals surface area contributed by atoms with E-state index in [2.05, 4.69) is 26.3 Å². The van der Waals surface area contributed by atoms with Crippen molar-refractivity contribution in [1.29, 1.82) is 0 Å². The van der Waals surface area contributed by atoms with Crippen molar-refractivity contribution in [2.75, 3.05) is 6.54 Å². The molecule has 65 heavy (non-hydrogen) atoms. The molecule has 6 rings (SSSR count). The molecule has 3 amide bonds. The highest BCUT2D eigenvalue weighted by Gasteiger charge is 2.58. The van der Waals surface area contributed by atoms with Gasteiger partial charge in [-0.1, -0.05) is 48.7 Å². The molecule has 3 heterocycles. The SMILES string of the molecule is Cc1cc(C(=O)NC[C@@H](O)[C@@H](O)[C@@H]2O[C@@](CC3OC(C)(C)O[C@H]3c3cccc(CNC(=O)OC(C)(C)C)c3)(C(=O)O)C[C@H](O)[C@H]2NC(=O)Cn2cc(C3CCCCC3)nn2)cc(C)c1O. The molecule has 2 aliphatic heterocycles. The molecule has 3 aliphatic rings. The lowest BCUT2D eigenvalue weighted by atomic mass is 9.79. The number of carboxylic acid groups (broad SMARTS) is 1. The molecule has 8 N–H and O–H groups in total. The number of ether oxygens (including phenoxy) is 4. The number of amides is 3. The van der Waals surface area contributed by atoms with Gasteiger partial charge in [0.05, 0.1) is 30.0 Å². The summed E-state index contributed by atoms with van der Waals surface area (Å²) >= 11 is 0. The Balaban J connectivity index is 1.24. The van der Waals surface area contributed by atoms with Crippen LogP contribution in [0.1, 0.15) is 130 Å². The molecule has 1 aliphatic carbocycles. The van der Waals surface area contributed by atoms with Crippen LogP contribution in [0.5, 0.6) is 5.75 Å². The lowest BCUT2D eigenvalue weighted by Gasteiger charge is -2.48. The number of nitrogens with one attached hydrogen (secondary N) is 3. The second-order valence-corrected chi connectivity index (χ2v) is 19.0. The summed E-state index contributed by atoms with van der Waals surface area (Å²) in [6, 6.07) is 8.54. The first kappa shape index (κ1) is 49.3. The number of rotatable bonds is 15. The van der Waals surface area contributed by atoms with Crippen LogP contribution in [0.25, 0.3) is 0 Å². The Morgan fingerprint density at radius 2 is 1.68 bits per heavy atom. The molecule has 0 radical (unpaired) electrons. The molecule has 3 fully saturated rings. The summed E-state index contributed by atoms with van der Waals surface area (Å²) < 4.78 is 25.7. The largest absolute Gasteiger partial charge is 0.507 e. The first-order chi connectivity index (χ1) is 30.5. The van der Waals surface area contributed by atoms with Gasteiger partial charge in [0.1, 0.15) is 36.2 Å². The summed E-state index contributed by atoms with van der Waals surface area (Å²) in [6.45, 7) is 11.1. The maximum absolute atomic E-state index is 13.6. The molecule has 1 saturated carbocycles. The number of aliphatic hydroxyl groups excluding tert-OH is 3. The third-order valence-corrected chi connectivity index (χ3v) is 12.1. The summed E-state index contributed by atoms with van der Waals surface area (Å²) in [5.41, 5.74) is 0.145. The molecule has 356 valence electrons. The van der Waals surface area contributed by atoms with Crippen LogP contribution < -0.4 is 16.0 Å². The van der Waals surface area contributed by atoms with E-state index in [1.807, 2.05) is 0 Å². The molecule has 0 spiro atoms. The van der Waals surface area contributed by atoms with Crippen LogP contribution in [0, 0.1) is 13.8 Å². The summed E-state index contributed by atoms with van der Waals surface area (Å²) in [6.07, 6.45) is -3.77. The number of carboxylic acids is 1. The van der Waals surface area contributed by atoms with Gasteiger partial charge in [-0.05, 0) is 95.7 Å². The first-order valence-corrected chi connectivity index (χ1v) is 22.2. The third kappa shape index (κ3) is 12.4. The number of benzene rings is 2. The predicted molar refractivity (Wildman–Crippen MR) is 232 cm³/mol. The molecular weight excluding hydrogens is 845 g/mol. The zero-order valence-electron chi connectivity index (χ0n) is 38.1. The van der Waals surface area contributed by atoms with E-state index in [4.69, 9.17) is 18.9 Å². The molecule has 0 bridgehead atoms. The van der Waals surface area contributed by atoms with E-state index in [1.165, 1.54) is 16.8 Å². The average molecular weight is 909 g/mol. The van der Waals surface area contributed by atoms with Crippen LogP contribution in [0.4, 0.5) is 4.79 Å². The van der Waals surface area contributed by atoms with Crippen LogP contribution in [-0.4, -0.2) is 124 Å². The molecule has 8 atom stereocenters. The van der Waals surface area contributed by atoms with Gasteiger partial charge in [-0.2, -0.15) is 0 Å². The molecule has 2 saturated heterocycles. The van der Waals surface area contributed by atoms with Crippen molar-refractivity contribution in [3.8, 4) is 5.75 Å². The molecular formula is C46H64N6O13. The fourth-order valence-electron chi connectivity index (χ4n) is 8.92. The van der Waals surface area contributed by atoms with E-state index in [9.17, 15) is 44.7 Å². The number of phenolic OH excluding ortho intramolecular Hbond substituents is 1. The maximum Gasteiger partial charge on any atom is 0.407 e. The summed E-state index contributed by atoms with van der Waals surface area (Å²) in [7, 11) is 0. The van der Waals surface area contributed by atoms with Crippen LogP contribution in [0.2, 0.25) is 0 Å². The molecule has 3 aromatic rings. The third-order valence-electron chi connectivity index (χ3n) is 12.1. The van der Waals surface area contributed by atoms with Crippen molar-refractivity contribution in [1.82, 2.24) is 30.9 Å². The van der Waals surface area contributed by atoms with Gasteiger partial charge in [0.2, 0.25) is 5.91 Å². The average Bonchev–Trinajstić information content (AvgIpc) is 3.83. The fraction of sp³-hybridized carbons (Fsp3) is 0.609. The van der Waals surface area contributed by atoms with Gasteiger partial charge in [0.25, 0.3) is 5.91 Å². The Hall–Kier alpha value is -5.18. The Bertz CT molecular complexity index is 2160. The van der Waals surface area contributed by atoms with Crippen LogP contribution in [0.15, 0.2) is 42.6 Å². The number of hydrogen-bond donors (Lipinski definition) is 8. The number of aryl methyl sites for hydroxylation is 2. The summed E-state index contributed by atoms with van der Waals surface area (Å²) in [5.74, 6) is -3.77. The number of nitrogens with zero attached hydrogens (tertiary/aromatic N) is 3. The minimum atomic E-state index is -2.28. The smallest absolute Gasteiger partial charge is 0.407 e. The van der Waals surface area contributed by atoms with Gasteiger partial charge >= 0.3 is 12.1 Å². The van der Waals surface area contributed by atoms with Gasteiger partial charge in [0, 0.05) is 43.6 Å². The summed E-state index contributed by atoms with van der Waals surface area (Å²) in [5, 5.41) is 72.6. The number of hydrogen-bond acceptors (Lipinski definition) is 14. The number of aromatic nitrogens is 3. The quantitative estimate of drug-likeness (QED) is 0.108. The van der Waals surface area contributed by atoms with E-state index < -0.39 is 103 Å². The molecule has 19 nitrogen and oxygen atoms in total. The zero-order chi connectivity index (χ0) is 47.4. The molecule has 19 heteroatoms. The van der Waals surface area contributed by atoms with Crippen molar-refractivity contribution in [3.05, 3.63) is 76.1 Å². The van der Waals surface area contributed by atoms with Crippen LogP contribution in [-0.2, 0) is 41.6 Å². The van der Waals surface area contributed by atoms with Crippen molar-refractivity contribution >= 4 is 23.9 Å². The minimum absolute atomic E-state index is 0.0269. The van der Waals surface area contributed by atoms with Crippen molar-refractivity contribution < 1.29 is 63.7 Å². The molecule has 1 aromatic heterocycles. The minimum Gasteiger partial charge on any atom is -0.507 e. The normalized spacial score (nSPS) is 25.6. The number of carbonyl (C=O) groups excluding carboxylic acids is 3. The highest BCUT2D eigenvalue weighted by atomic mass is 16.8. The number of carbonyl (C=O) groups is 4. The van der Waals surface area contributed by atoms with Gasteiger partial charge < -0.3 is 60.4 Å². The van der Waals surface area contributed by atoms with E-state index >= 15 is 0 Å². The Morgan fingerprint density at radius 3 is 2.34 bits per heavy atom. The number of aromatic hydroxyl groups is 1. The number of aliphatic carboxylic acids is 1. The Morgan fingerprint density at radius 1 is 0.985 bits per heavy atom. The highest BCUT2D eigenvalue weighted by Crippen LogP contribution is 2.45. The zero-order valence-corrected chi connectivity index (χ0v) is 38.1. The highest BCUT2D eigenvalue weighted by molar-refractivity contribution is 5.95. The molecule has 1 unspecified atom stereocenters. The van der Waals surface area contributed by atoms with E-state index in [0.29, 0.717) is 22.3 Å². The standard InChI is InChI=1S/C46H64N6O13/c1-25-16-30(17-26(2)37(25)56)41(58)47-22-33(54)38(57)40-36(49-35(55)24-52-23-31(50-51-52)28-13-9-8-10-14-28)32(53)19-46(64-40,42(59)60)20-34-39(63-45(6,7)62-34)29-15-11-12-27(18-29)21-48-43(61)65-44(3,4)5/h11-12,15-18,23,28,32-34,36,38-40,53-54,56-57H,8-10,13-14,19-22,24H2,1-7H3,(H,47,58)(H,48,61)(H,49,55)(H,59,60)/t32-,33+,34?,36+,38+,39-,40+,46-/m0/s1. The second kappa shape index (κ2) is 20.1. The number of alkyl carbamates (subject to hydrolysis) is 1. The first-order valence-electron chi connectivity index (χ1n) is 22.2. The fourth-order valence-corrected chi connectivity index (χ4v) is 8.92. The predicted octanol–water partition coefficient (Wildman–Crippen LogP) is 3.57. The second-order valence-electron chi connectivity index (χ2n) is 19.0. The van der Waals surface area contributed by atoms with Crippen molar-refractivity contribution in [3.63, 3.8) is 0 Å². The van der Waals surface area contributed by atoms with Gasteiger partial charge in [-0.15, -0.1) is 5.10 Å². The van der Waals surface area contributed by atoms with E-state index in [0.717, 1.165) is 37.8 Å². The van der Waals surface area contributed by atoms with E-state index in [1.54, 1.807) is 78.9 Å². The van der Waals surface area contributed by atoms with Crippen molar-refractivity contribution in [2.24, 2.45) is 0 Å². The van der Waals surface area contributed by atoms with Crippen LogP contribution in [0.3, 0.4) is 0 Å². The summed E-state index contributed by atoms with van der Waals surface area (Å²) in [4.78, 5) is 52.7. The monoisotopic (exact) mass is 908 g/mol. The molecule has 2 aromatic carbocycles. The topological polar surface area (TPSA) is 273 Å². The Labute approximate surface area is 378 Å². The van der Waals surface area contributed by atoms with Gasteiger partial charge in [-0.25, -0.2) is 14.3 Å². The lowest BCUT2D eigenvalue weighted by Crippen LogP contribution is -2.68. The Kier molecular flexibility index (Phi) is 15.3. The lowest BCUT2D eigenvalue weighted by molar-refractivity contribution is -0.236. The van der Waals surface area contributed by atoms with Crippen molar-refractivity contribution in [2.45, 2.75) is 172 Å². The number of phenols is 1. The maximum atomic E-state index is 13.6. The van der Waals surface area contributed by atoms with Gasteiger partial charge in [0.15, 0.2) is 11.4 Å². The van der Waals surface area contributed by atoms with Gasteiger partial charge in [-0.3, -0.25) is 9.59 Å².